The van der Waals surface area contributed by atoms with E-state index in [1.165, 1.54) is 12.7 Å². The number of rotatable bonds is 6. The Morgan fingerprint density at radius 3 is 2.44 bits per heavy atom. The fourth-order valence-electron chi connectivity index (χ4n) is 3.79. The third-order valence-corrected chi connectivity index (χ3v) is 5.05. The minimum Gasteiger partial charge on any atom is -0.504 e. The number of hydrogen-bond donors (Lipinski definition) is 2. The van der Waals surface area contributed by atoms with Crippen LogP contribution >= 0.6 is 0 Å². The van der Waals surface area contributed by atoms with Gasteiger partial charge in [-0.3, -0.25) is 4.90 Å². The van der Waals surface area contributed by atoms with E-state index >= 15 is 0 Å². The maximum absolute atomic E-state index is 10.3. The van der Waals surface area contributed by atoms with Crippen LogP contribution < -0.4 is 9.47 Å². The van der Waals surface area contributed by atoms with Gasteiger partial charge in [0.1, 0.15) is 0 Å². The molecule has 0 radical (unpaired) electrons. The van der Waals surface area contributed by atoms with Crippen molar-refractivity contribution in [3.63, 3.8) is 0 Å². The van der Waals surface area contributed by atoms with Crippen LogP contribution in [0, 0.1) is 0 Å². The first kappa shape index (κ1) is 19.1. The molecule has 1 aliphatic rings. The first-order chi connectivity index (χ1) is 12.9. The van der Waals surface area contributed by atoms with Gasteiger partial charge in [-0.25, -0.2) is 0 Å². The third kappa shape index (κ3) is 4.03. The number of phenols is 2. The number of methoxy groups -OCH3 is 2. The highest BCUT2D eigenvalue weighted by molar-refractivity contribution is 5.49. The first-order valence-corrected chi connectivity index (χ1v) is 9.07. The third-order valence-electron chi connectivity index (χ3n) is 5.05. The van der Waals surface area contributed by atoms with Gasteiger partial charge in [0.25, 0.3) is 0 Å². The lowest BCUT2D eigenvalue weighted by Crippen LogP contribution is -2.37. The van der Waals surface area contributed by atoms with Crippen LogP contribution in [0.25, 0.3) is 0 Å². The molecular weight excluding hydrogens is 342 g/mol. The van der Waals surface area contributed by atoms with Gasteiger partial charge in [-0.05, 0) is 60.7 Å². The lowest BCUT2D eigenvalue weighted by molar-refractivity contribution is 0.199. The molecule has 27 heavy (non-hydrogen) atoms. The maximum Gasteiger partial charge on any atom is 0.160 e. The van der Waals surface area contributed by atoms with E-state index < -0.39 is 0 Å². The van der Waals surface area contributed by atoms with Gasteiger partial charge < -0.3 is 19.7 Å². The van der Waals surface area contributed by atoms with Gasteiger partial charge in [0.05, 0.1) is 14.2 Å². The molecular formula is C22H27NO4. The zero-order valence-electron chi connectivity index (χ0n) is 16.2. The predicted molar refractivity (Wildman–Crippen MR) is 106 cm³/mol. The Balaban J connectivity index is 1.99. The molecule has 5 nitrogen and oxygen atoms in total. The maximum atomic E-state index is 10.3. The number of hydrogen-bond acceptors (Lipinski definition) is 5. The summed E-state index contributed by atoms with van der Waals surface area (Å²) in [4.78, 5) is 2.37. The van der Waals surface area contributed by atoms with Crippen molar-refractivity contribution in [1.82, 2.24) is 4.90 Å². The molecule has 1 heterocycles. The number of fused-ring (bicyclic) bond motifs is 1. The van der Waals surface area contributed by atoms with Crippen LogP contribution in [0.3, 0.4) is 0 Å². The summed E-state index contributed by atoms with van der Waals surface area (Å²) in [6.07, 6.45) is 1.60. The number of phenolic OH excluding ortho intramolecular Hbond substituents is 2. The summed E-state index contributed by atoms with van der Waals surface area (Å²) in [6, 6.07) is 9.32. The molecule has 0 spiro atoms. The molecule has 0 saturated heterocycles. The SMILES string of the molecule is C=C(C)CN1CCc2cc(OC)c(O)cc2C1Cc1ccc(OC)c(O)c1. The van der Waals surface area contributed by atoms with Crippen LogP contribution in [0.2, 0.25) is 0 Å². The van der Waals surface area contributed by atoms with Gasteiger partial charge in [0.2, 0.25) is 0 Å². The van der Waals surface area contributed by atoms with Crippen molar-refractivity contribution in [3.8, 4) is 23.0 Å². The van der Waals surface area contributed by atoms with Gasteiger partial charge in [-0.15, -0.1) is 0 Å². The van der Waals surface area contributed by atoms with E-state index in [0.717, 1.165) is 36.2 Å². The van der Waals surface area contributed by atoms with Crippen LogP contribution in [0.4, 0.5) is 0 Å². The predicted octanol–water partition coefficient (Wildman–Crippen LogP) is 3.83. The van der Waals surface area contributed by atoms with Crippen molar-refractivity contribution in [2.75, 3.05) is 27.3 Å². The fraction of sp³-hybridized carbons (Fsp3) is 0.364. The zero-order chi connectivity index (χ0) is 19.6. The average molecular weight is 369 g/mol. The van der Waals surface area contributed by atoms with Crippen molar-refractivity contribution in [1.29, 1.82) is 0 Å². The molecule has 2 aromatic rings. The van der Waals surface area contributed by atoms with E-state index in [0.29, 0.717) is 17.9 Å². The molecule has 2 N–H and O–H groups in total. The van der Waals surface area contributed by atoms with Crippen molar-refractivity contribution in [2.24, 2.45) is 0 Å². The standard InChI is InChI=1S/C22H27NO4/c1-14(2)13-23-8-7-16-11-22(27-4)20(25)12-17(16)18(23)9-15-5-6-21(26-3)19(24)10-15/h5-6,10-12,18,24-25H,1,7-9,13H2,2-4H3. The largest absolute Gasteiger partial charge is 0.504 e. The highest BCUT2D eigenvalue weighted by Crippen LogP contribution is 2.40. The van der Waals surface area contributed by atoms with E-state index in [4.69, 9.17) is 9.47 Å². The molecule has 0 aromatic heterocycles. The molecule has 1 atom stereocenters. The summed E-state index contributed by atoms with van der Waals surface area (Å²) in [5, 5.41) is 20.4. The summed E-state index contributed by atoms with van der Waals surface area (Å²) >= 11 is 0. The molecule has 0 fully saturated rings. The topological polar surface area (TPSA) is 62.2 Å². The summed E-state index contributed by atoms with van der Waals surface area (Å²) in [7, 11) is 3.10. The molecule has 144 valence electrons. The van der Waals surface area contributed by atoms with Crippen LogP contribution in [-0.4, -0.2) is 42.4 Å². The van der Waals surface area contributed by atoms with E-state index in [9.17, 15) is 10.2 Å². The lowest BCUT2D eigenvalue weighted by atomic mass is 9.88. The molecule has 0 amide bonds. The van der Waals surface area contributed by atoms with Crippen molar-refractivity contribution >= 4 is 0 Å². The van der Waals surface area contributed by atoms with Crippen LogP contribution in [-0.2, 0) is 12.8 Å². The second kappa shape index (κ2) is 7.92. The second-order valence-corrected chi connectivity index (χ2v) is 7.13. The average Bonchev–Trinajstić information content (AvgIpc) is 2.63. The summed E-state index contributed by atoms with van der Waals surface area (Å²) in [5.74, 6) is 1.25. The van der Waals surface area contributed by atoms with Gasteiger partial charge >= 0.3 is 0 Å². The van der Waals surface area contributed by atoms with E-state index in [2.05, 4.69) is 11.5 Å². The van der Waals surface area contributed by atoms with Crippen molar-refractivity contribution < 1.29 is 19.7 Å². The molecule has 1 unspecified atom stereocenters. The van der Waals surface area contributed by atoms with Crippen LogP contribution in [0.5, 0.6) is 23.0 Å². The Hall–Kier alpha value is -2.66. The number of benzene rings is 2. The molecule has 1 aliphatic heterocycles. The Morgan fingerprint density at radius 2 is 1.81 bits per heavy atom. The summed E-state index contributed by atoms with van der Waals surface area (Å²) < 4.78 is 10.4. The summed E-state index contributed by atoms with van der Waals surface area (Å²) in [5.41, 5.74) is 4.38. The molecule has 0 bridgehead atoms. The van der Waals surface area contributed by atoms with Gasteiger partial charge in [-0.1, -0.05) is 18.2 Å². The summed E-state index contributed by atoms with van der Waals surface area (Å²) in [6.45, 7) is 7.78. The fourth-order valence-corrected chi connectivity index (χ4v) is 3.79. The Morgan fingerprint density at radius 1 is 1.11 bits per heavy atom. The Bertz CT molecular complexity index is 846. The minimum absolute atomic E-state index is 0.0788. The normalized spacial score (nSPS) is 16.6. The van der Waals surface area contributed by atoms with E-state index in [1.54, 1.807) is 19.2 Å². The minimum atomic E-state index is 0.0788. The molecule has 5 heteroatoms. The molecule has 3 rings (SSSR count). The van der Waals surface area contributed by atoms with Crippen molar-refractivity contribution in [3.05, 3.63) is 59.2 Å². The quantitative estimate of drug-likeness (QED) is 0.758. The van der Waals surface area contributed by atoms with Gasteiger partial charge in [0, 0.05) is 19.1 Å². The van der Waals surface area contributed by atoms with Gasteiger partial charge in [0.15, 0.2) is 23.0 Å². The van der Waals surface area contributed by atoms with Gasteiger partial charge in [-0.2, -0.15) is 0 Å². The van der Waals surface area contributed by atoms with E-state index in [-0.39, 0.29) is 17.5 Å². The highest BCUT2D eigenvalue weighted by Gasteiger charge is 2.29. The molecule has 0 saturated carbocycles. The van der Waals surface area contributed by atoms with E-state index in [1.807, 2.05) is 25.1 Å². The highest BCUT2D eigenvalue weighted by atomic mass is 16.5. The van der Waals surface area contributed by atoms with Crippen LogP contribution in [0.1, 0.15) is 29.7 Å². The Kier molecular flexibility index (Phi) is 5.61. The number of nitrogens with zero attached hydrogens (tertiary/aromatic N) is 1. The molecule has 0 aliphatic carbocycles. The Labute approximate surface area is 160 Å². The zero-order valence-corrected chi connectivity index (χ0v) is 16.2. The number of aromatic hydroxyl groups is 2. The number of ether oxygens (including phenoxy) is 2. The van der Waals surface area contributed by atoms with Crippen molar-refractivity contribution in [2.45, 2.75) is 25.8 Å². The first-order valence-electron chi connectivity index (χ1n) is 9.07. The van der Waals surface area contributed by atoms with Crippen LogP contribution in [0.15, 0.2) is 42.5 Å². The molecule has 2 aromatic carbocycles. The monoisotopic (exact) mass is 369 g/mol. The lowest BCUT2D eigenvalue weighted by Gasteiger charge is -2.38. The smallest absolute Gasteiger partial charge is 0.160 e. The second-order valence-electron chi connectivity index (χ2n) is 7.13.